The second kappa shape index (κ2) is 4.91. The minimum absolute atomic E-state index is 0.0214. The van der Waals surface area contributed by atoms with Crippen molar-refractivity contribution in [3.05, 3.63) is 61.8 Å². The molecule has 0 aliphatic heterocycles. The molecule has 0 aliphatic rings. The Bertz CT molecular complexity index is 703. The zero-order chi connectivity index (χ0) is 13.1. The van der Waals surface area contributed by atoms with Crippen LogP contribution in [0.1, 0.15) is 5.56 Å². The van der Waals surface area contributed by atoms with Crippen LogP contribution in [0.3, 0.4) is 0 Å². The molecule has 1 heterocycles. The van der Waals surface area contributed by atoms with E-state index in [4.69, 9.17) is 17.1 Å². The van der Waals surface area contributed by atoms with E-state index in [2.05, 4.69) is 15.1 Å². The summed E-state index contributed by atoms with van der Waals surface area (Å²) < 4.78 is 1.16. The predicted octanol–water partition coefficient (Wildman–Crippen LogP) is 3.14. The maximum atomic E-state index is 12.0. The molecule has 6 nitrogen and oxygen atoms in total. The maximum absolute atomic E-state index is 12.0. The van der Waals surface area contributed by atoms with Crippen LogP contribution < -0.4 is 5.56 Å². The van der Waals surface area contributed by atoms with Crippen LogP contribution >= 0.6 is 11.6 Å². The molecule has 0 saturated heterocycles. The van der Waals surface area contributed by atoms with Crippen molar-refractivity contribution in [2.45, 2.75) is 6.92 Å². The van der Waals surface area contributed by atoms with Crippen LogP contribution in [0.15, 0.2) is 40.4 Å². The lowest BCUT2D eigenvalue weighted by molar-refractivity contribution is 0.806. The van der Waals surface area contributed by atoms with E-state index < -0.39 is 5.56 Å². The minimum Gasteiger partial charge on any atom is -0.266 e. The topological polar surface area (TPSA) is 83.7 Å². The average molecular weight is 262 g/mol. The standard InChI is InChI=1S/C11H8ClN5O/c1-7-3-2-4-8(5-7)17-11(18)10(12)9(6-14-17)15-16-13/h2-6H,1H3. The summed E-state index contributed by atoms with van der Waals surface area (Å²) in [5.74, 6) is 0. The Morgan fingerprint density at radius 2 is 2.28 bits per heavy atom. The summed E-state index contributed by atoms with van der Waals surface area (Å²) in [5.41, 5.74) is 9.42. The smallest absolute Gasteiger partial charge is 0.266 e. The van der Waals surface area contributed by atoms with E-state index in [9.17, 15) is 4.79 Å². The lowest BCUT2D eigenvalue weighted by atomic mass is 10.2. The second-order valence-corrected chi connectivity index (χ2v) is 3.97. The average Bonchev–Trinajstić information content (AvgIpc) is 2.35. The molecule has 2 aromatic rings. The molecule has 0 amide bonds. The fraction of sp³-hybridized carbons (Fsp3) is 0.0909. The van der Waals surface area contributed by atoms with Crippen LogP contribution in [0.2, 0.25) is 5.02 Å². The Labute approximate surface area is 107 Å². The summed E-state index contributed by atoms with van der Waals surface area (Å²) in [6.45, 7) is 1.91. The van der Waals surface area contributed by atoms with Gasteiger partial charge in [-0.15, -0.1) is 0 Å². The third-order valence-electron chi connectivity index (χ3n) is 2.30. The van der Waals surface area contributed by atoms with Gasteiger partial charge in [0.2, 0.25) is 0 Å². The monoisotopic (exact) mass is 261 g/mol. The highest BCUT2D eigenvalue weighted by Gasteiger charge is 2.09. The van der Waals surface area contributed by atoms with Crippen molar-refractivity contribution >= 4 is 17.3 Å². The van der Waals surface area contributed by atoms with Crippen LogP contribution in [0, 0.1) is 6.92 Å². The summed E-state index contributed by atoms with van der Waals surface area (Å²) >= 11 is 5.83. The lowest BCUT2D eigenvalue weighted by Gasteiger charge is -2.06. The third kappa shape index (κ3) is 2.20. The van der Waals surface area contributed by atoms with E-state index in [1.54, 1.807) is 12.1 Å². The molecular formula is C11H8ClN5O. The van der Waals surface area contributed by atoms with Crippen molar-refractivity contribution in [2.24, 2.45) is 5.11 Å². The van der Waals surface area contributed by atoms with E-state index in [-0.39, 0.29) is 10.7 Å². The Morgan fingerprint density at radius 3 is 2.94 bits per heavy atom. The Hall–Kier alpha value is -2.30. The minimum atomic E-state index is -0.521. The van der Waals surface area contributed by atoms with E-state index in [0.717, 1.165) is 10.2 Å². The van der Waals surface area contributed by atoms with Crippen molar-refractivity contribution in [1.29, 1.82) is 0 Å². The van der Waals surface area contributed by atoms with Gasteiger partial charge in [-0.1, -0.05) is 28.8 Å². The molecule has 0 N–H and O–H groups in total. The van der Waals surface area contributed by atoms with E-state index in [1.165, 1.54) is 6.20 Å². The fourth-order valence-corrected chi connectivity index (χ4v) is 1.65. The zero-order valence-corrected chi connectivity index (χ0v) is 10.2. The van der Waals surface area contributed by atoms with Gasteiger partial charge in [0, 0.05) is 4.91 Å². The molecule has 0 saturated carbocycles. The number of nitrogens with zero attached hydrogens (tertiary/aromatic N) is 5. The van der Waals surface area contributed by atoms with Gasteiger partial charge < -0.3 is 0 Å². The van der Waals surface area contributed by atoms with Gasteiger partial charge in [0.1, 0.15) is 5.02 Å². The molecule has 7 heteroatoms. The van der Waals surface area contributed by atoms with Gasteiger partial charge in [-0.05, 0) is 30.2 Å². The van der Waals surface area contributed by atoms with E-state index >= 15 is 0 Å². The highest BCUT2D eigenvalue weighted by Crippen LogP contribution is 2.20. The predicted molar refractivity (Wildman–Crippen MR) is 68.4 cm³/mol. The van der Waals surface area contributed by atoms with Gasteiger partial charge in [0.15, 0.2) is 0 Å². The van der Waals surface area contributed by atoms with Gasteiger partial charge >= 0.3 is 0 Å². The highest BCUT2D eigenvalue weighted by atomic mass is 35.5. The molecule has 1 aromatic carbocycles. The van der Waals surface area contributed by atoms with Crippen LogP contribution in [0.4, 0.5) is 5.69 Å². The number of hydrogen-bond donors (Lipinski definition) is 0. The SMILES string of the molecule is Cc1cccc(-n2ncc(N=[N+]=[N-])c(Cl)c2=O)c1. The number of halogens is 1. The Balaban J connectivity index is 2.64. The first-order chi connectivity index (χ1) is 8.63. The summed E-state index contributed by atoms with van der Waals surface area (Å²) in [5, 5.41) is 7.07. The van der Waals surface area contributed by atoms with Gasteiger partial charge in [0.05, 0.1) is 17.6 Å². The number of hydrogen-bond acceptors (Lipinski definition) is 3. The number of benzene rings is 1. The normalized spacial score (nSPS) is 9.89. The van der Waals surface area contributed by atoms with Crippen LogP contribution in [-0.2, 0) is 0 Å². The third-order valence-corrected chi connectivity index (χ3v) is 2.65. The number of azide groups is 1. The first-order valence-electron chi connectivity index (χ1n) is 5.03. The van der Waals surface area contributed by atoms with Gasteiger partial charge in [-0.2, -0.15) is 9.78 Å². The molecule has 0 fully saturated rings. The van der Waals surface area contributed by atoms with E-state index in [1.807, 2.05) is 19.1 Å². The number of aromatic nitrogens is 2. The van der Waals surface area contributed by atoms with Crippen molar-refractivity contribution in [3.63, 3.8) is 0 Å². The van der Waals surface area contributed by atoms with Gasteiger partial charge in [-0.3, -0.25) is 4.79 Å². The molecule has 2 rings (SSSR count). The maximum Gasteiger partial charge on any atom is 0.290 e. The molecule has 0 atom stereocenters. The summed E-state index contributed by atoms with van der Waals surface area (Å²) in [6.07, 6.45) is 1.26. The molecule has 0 aliphatic carbocycles. The fourth-order valence-electron chi connectivity index (χ4n) is 1.49. The Kier molecular flexibility index (Phi) is 3.32. The number of aryl methyl sites for hydroxylation is 1. The quantitative estimate of drug-likeness (QED) is 0.472. The molecule has 0 unspecified atom stereocenters. The van der Waals surface area contributed by atoms with Crippen LogP contribution in [-0.4, -0.2) is 9.78 Å². The van der Waals surface area contributed by atoms with Crippen LogP contribution in [0.5, 0.6) is 0 Å². The summed E-state index contributed by atoms with van der Waals surface area (Å²) in [6, 6.07) is 7.27. The molecule has 0 radical (unpaired) electrons. The van der Waals surface area contributed by atoms with Gasteiger partial charge in [0.25, 0.3) is 5.56 Å². The number of rotatable bonds is 2. The molecule has 1 aromatic heterocycles. The van der Waals surface area contributed by atoms with Gasteiger partial charge in [-0.25, -0.2) is 0 Å². The van der Waals surface area contributed by atoms with Crippen molar-refractivity contribution in [3.8, 4) is 5.69 Å². The lowest BCUT2D eigenvalue weighted by Crippen LogP contribution is -2.21. The molecular weight excluding hydrogens is 254 g/mol. The molecule has 90 valence electrons. The largest absolute Gasteiger partial charge is 0.290 e. The van der Waals surface area contributed by atoms with Crippen molar-refractivity contribution < 1.29 is 0 Å². The Morgan fingerprint density at radius 1 is 1.50 bits per heavy atom. The van der Waals surface area contributed by atoms with Crippen molar-refractivity contribution in [2.75, 3.05) is 0 Å². The van der Waals surface area contributed by atoms with Crippen LogP contribution in [0.25, 0.3) is 16.1 Å². The summed E-state index contributed by atoms with van der Waals surface area (Å²) in [7, 11) is 0. The molecule has 18 heavy (non-hydrogen) atoms. The highest BCUT2D eigenvalue weighted by molar-refractivity contribution is 6.32. The molecule has 0 spiro atoms. The first kappa shape index (κ1) is 12.2. The molecule has 0 bridgehead atoms. The summed E-state index contributed by atoms with van der Waals surface area (Å²) in [4.78, 5) is 14.5. The first-order valence-corrected chi connectivity index (χ1v) is 5.41. The zero-order valence-electron chi connectivity index (χ0n) is 9.41. The second-order valence-electron chi connectivity index (χ2n) is 3.59. The van der Waals surface area contributed by atoms with Crippen molar-refractivity contribution in [1.82, 2.24) is 9.78 Å². The van der Waals surface area contributed by atoms with E-state index in [0.29, 0.717) is 5.69 Å².